The number of rotatable bonds is 8. The van der Waals surface area contributed by atoms with Crippen LogP contribution in [0.3, 0.4) is 0 Å². The van der Waals surface area contributed by atoms with E-state index in [1.54, 1.807) is 0 Å². The van der Waals surface area contributed by atoms with Crippen molar-refractivity contribution >= 4 is 11.8 Å². The smallest absolute Gasteiger partial charge is 0.225 e. The van der Waals surface area contributed by atoms with E-state index in [9.17, 15) is 9.59 Å². The van der Waals surface area contributed by atoms with E-state index < -0.39 is 0 Å². The Morgan fingerprint density at radius 1 is 0.857 bits per heavy atom. The summed E-state index contributed by atoms with van der Waals surface area (Å²) in [6.45, 7) is 10.5. The van der Waals surface area contributed by atoms with Gasteiger partial charge in [-0.15, -0.1) is 0 Å². The van der Waals surface area contributed by atoms with E-state index in [4.69, 9.17) is 4.74 Å². The third-order valence-corrected chi connectivity index (χ3v) is 7.26. The summed E-state index contributed by atoms with van der Waals surface area (Å²) in [6, 6.07) is 18.5. The second-order valence-electron chi connectivity index (χ2n) is 10.1. The van der Waals surface area contributed by atoms with Gasteiger partial charge in [-0.2, -0.15) is 0 Å². The van der Waals surface area contributed by atoms with E-state index in [0.717, 1.165) is 51.3 Å². The number of benzene rings is 2. The molecule has 2 heterocycles. The highest BCUT2D eigenvalue weighted by Gasteiger charge is 2.31. The first kappa shape index (κ1) is 25.2. The van der Waals surface area contributed by atoms with Crippen LogP contribution >= 0.6 is 0 Å². The van der Waals surface area contributed by atoms with Crippen LogP contribution in [0.15, 0.2) is 54.6 Å². The lowest BCUT2D eigenvalue weighted by molar-refractivity contribution is -0.142. The van der Waals surface area contributed by atoms with Gasteiger partial charge < -0.3 is 14.5 Å². The molecule has 2 fully saturated rings. The Labute approximate surface area is 209 Å². The maximum atomic E-state index is 13.1. The molecule has 4 rings (SSSR count). The zero-order valence-corrected chi connectivity index (χ0v) is 21.2. The molecule has 6 nitrogen and oxygen atoms in total. The van der Waals surface area contributed by atoms with Crippen molar-refractivity contribution in [1.29, 1.82) is 0 Å². The van der Waals surface area contributed by atoms with Crippen LogP contribution < -0.4 is 4.74 Å². The van der Waals surface area contributed by atoms with Crippen LogP contribution in [0.4, 0.5) is 0 Å². The summed E-state index contributed by atoms with van der Waals surface area (Å²) < 4.78 is 5.65. The Balaban J connectivity index is 1.15. The second-order valence-corrected chi connectivity index (χ2v) is 10.1. The fourth-order valence-corrected chi connectivity index (χ4v) is 4.96. The maximum absolute atomic E-state index is 13.1. The number of ether oxygens (including phenoxy) is 1. The summed E-state index contributed by atoms with van der Waals surface area (Å²) in [5, 5.41) is 0. The monoisotopic (exact) mass is 477 g/mol. The van der Waals surface area contributed by atoms with Gasteiger partial charge in [0.2, 0.25) is 11.8 Å². The van der Waals surface area contributed by atoms with Gasteiger partial charge in [0, 0.05) is 51.7 Å². The predicted octanol–water partition coefficient (Wildman–Crippen LogP) is 4.16. The van der Waals surface area contributed by atoms with E-state index in [1.807, 2.05) is 40.1 Å². The Morgan fingerprint density at radius 3 is 2.14 bits per heavy atom. The molecule has 2 amide bonds. The van der Waals surface area contributed by atoms with Gasteiger partial charge in [-0.1, -0.05) is 56.3 Å². The fourth-order valence-electron chi connectivity index (χ4n) is 4.96. The highest BCUT2D eigenvalue weighted by molar-refractivity contribution is 5.80. The van der Waals surface area contributed by atoms with Crippen LogP contribution in [0, 0.1) is 5.92 Å². The highest BCUT2D eigenvalue weighted by Crippen LogP contribution is 2.22. The molecule has 2 aliphatic heterocycles. The van der Waals surface area contributed by atoms with Crippen molar-refractivity contribution in [3.05, 3.63) is 65.7 Å². The molecule has 0 saturated carbocycles. The summed E-state index contributed by atoms with van der Waals surface area (Å²) in [5.74, 6) is 1.76. The fraction of sp³-hybridized carbons (Fsp3) is 0.517. The molecule has 0 atom stereocenters. The molecule has 2 aliphatic rings. The van der Waals surface area contributed by atoms with Crippen LogP contribution in [-0.2, 0) is 16.1 Å². The summed E-state index contributed by atoms with van der Waals surface area (Å²) in [5.41, 5.74) is 2.71. The van der Waals surface area contributed by atoms with Crippen LogP contribution in [0.2, 0.25) is 0 Å². The van der Waals surface area contributed by atoms with Crippen molar-refractivity contribution in [3.63, 3.8) is 0 Å². The molecule has 2 saturated heterocycles. The minimum absolute atomic E-state index is 0.0368. The lowest BCUT2D eigenvalue weighted by Crippen LogP contribution is -2.51. The van der Waals surface area contributed by atoms with Crippen molar-refractivity contribution in [1.82, 2.24) is 14.7 Å². The molecule has 2 aromatic rings. The molecular weight excluding hydrogens is 438 g/mol. The molecule has 0 radical (unpaired) electrons. The van der Waals surface area contributed by atoms with Gasteiger partial charge >= 0.3 is 0 Å². The van der Waals surface area contributed by atoms with Gasteiger partial charge in [-0.3, -0.25) is 14.5 Å². The van der Waals surface area contributed by atoms with E-state index in [0.29, 0.717) is 32.0 Å². The molecule has 0 unspecified atom stereocenters. The summed E-state index contributed by atoms with van der Waals surface area (Å²) >= 11 is 0. The van der Waals surface area contributed by atoms with E-state index in [1.165, 1.54) is 11.1 Å². The van der Waals surface area contributed by atoms with E-state index in [2.05, 4.69) is 43.0 Å². The van der Waals surface area contributed by atoms with Gasteiger partial charge in [0.1, 0.15) is 5.75 Å². The lowest BCUT2D eigenvalue weighted by atomic mass is 9.94. The van der Waals surface area contributed by atoms with Gasteiger partial charge in [0.15, 0.2) is 0 Å². The first-order valence-corrected chi connectivity index (χ1v) is 13.0. The van der Waals surface area contributed by atoms with Crippen LogP contribution in [0.1, 0.15) is 50.2 Å². The molecule has 0 aromatic heterocycles. The molecule has 0 spiro atoms. The van der Waals surface area contributed by atoms with Crippen molar-refractivity contribution in [2.24, 2.45) is 5.92 Å². The minimum atomic E-state index is 0.0368. The van der Waals surface area contributed by atoms with Crippen molar-refractivity contribution in [3.8, 4) is 5.75 Å². The SMILES string of the molecule is CC(C)c1ccc(CN2CCN(C(=O)C3CCN(C(=O)CCOc4ccccc4)CC3)CC2)cc1. The molecule has 0 bridgehead atoms. The molecule has 6 heteroatoms. The number of carbonyl (C=O) groups excluding carboxylic acids is 2. The number of hydrogen-bond donors (Lipinski definition) is 0. The highest BCUT2D eigenvalue weighted by atomic mass is 16.5. The number of carbonyl (C=O) groups is 2. The zero-order valence-electron chi connectivity index (χ0n) is 21.2. The van der Waals surface area contributed by atoms with E-state index in [-0.39, 0.29) is 17.7 Å². The number of likely N-dealkylation sites (tertiary alicyclic amines) is 1. The van der Waals surface area contributed by atoms with Gasteiger partial charge in [-0.25, -0.2) is 0 Å². The Kier molecular flexibility index (Phi) is 8.80. The van der Waals surface area contributed by atoms with Crippen molar-refractivity contribution in [2.75, 3.05) is 45.9 Å². The van der Waals surface area contributed by atoms with Crippen molar-refractivity contribution < 1.29 is 14.3 Å². The Bertz CT molecular complexity index is 945. The van der Waals surface area contributed by atoms with Gasteiger partial charge in [0.25, 0.3) is 0 Å². The number of hydrogen-bond acceptors (Lipinski definition) is 4. The minimum Gasteiger partial charge on any atom is -0.493 e. The standard InChI is InChI=1S/C29H39N3O3/c1-23(2)25-10-8-24(9-11-25)22-30-17-19-32(20-18-30)29(34)26-12-15-31(16-13-26)28(33)14-21-35-27-6-4-3-5-7-27/h3-11,23,26H,12-22H2,1-2H3. The molecule has 188 valence electrons. The van der Waals surface area contributed by atoms with Crippen LogP contribution in [0.5, 0.6) is 5.75 Å². The number of para-hydroxylation sites is 1. The van der Waals surface area contributed by atoms with Gasteiger partial charge in [-0.05, 0) is 42.0 Å². The maximum Gasteiger partial charge on any atom is 0.225 e. The summed E-state index contributed by atoms with van der Waals surface area (Å²) in [4.78, 5) is 32.0. The first-order chi connectivity index (χ1) is 17.0. The lowest BCUT2D eigenvalue weighted by Gasteiger charge is -2.38. The second kappa shape index (κ2) is 12.2. The normalized spacial score (nSPS) is 17.6. The topological polar surface area (TPSA) is 53.1 Å². The third kappa shape index (κ3) is 7.07. The molecule has 0 N–H and O–H groups in total. The Morgan fingerprint density at radius 2 is 1.51 bits per heavy atom. The van der Waals surface area contributed by atoms with Crippen molar-refractivity contribution in [2.45, 2.75) is 45.6 Å². The third-order valence-electron chi connectivity index (χ3n) is 7.26. The number of amides is 2. The predicted molar refractivity (Wildman–Crippen MR) is 138 cm³/mol. The first-order valence-electron chi connectivity index (χ1n) is 13.0. The number of piperidine rings is 1. The largest absolute Gasteiger partial charge is 0.493 e. The molecule has 2 aromatic carbocycles. The average Bonchev–Trinajstić information content (AvgIpc) is 2.90. The molecule has 35 heavy (non-hydrogen) atoms. The van der Waals surface area contributed by atoms with Crippen LogP contribution in [-0.4, -0.2) is 72.4 Å². The summed E-state index contributed by atoms with van der Waals surface area (Å²) in [7, 11) is 0. The Hall–Kier alpha value is -2.86. The molecule has 0 aliphatic carbocycles. The molecular formula is C29H39N3O3. The van der Waals surface area contributed by atoms with Crippen LogP contribution in [0.25, 0.3) is 0 Å². The van der Waals surface area contributed by atoms with E-state index >= 15 is 0 Å². The average molecular weight is 478 g/mol. The summed E-state index contributed by atoms with van der Waals surface area (Å²) in [6.07, 6.45) is 1.88. The zero-order chi connectivity index (χ0) is 24.6. The van der Waals surface area contributed by atoms with Gasteiger partial charge in [0.05, 0.1) is 13.0 Å². The number of nitrogens with zero attached hydrogens (tertiary/aromatic N) is 3. The quantitative estimate of drug-likeness (QED) is 0.573. The number of piperazine rings is 1.